The van der Waals surface area contributed by atoms with Crippen molar-refractivity contribution in [1.29, 1.82) is 0 Å². The van der Waals surface area contributed by atoms with Gasteiger partial charge in [-0.15, -0.1) is 0 Å². The molecule has 0 aliphatic heterocycles. The minimum absolute atomic E-state index is 0.222. The Morgan fingerprint density at radius 1 is 1.19 bits per heavy atom. The van der Waals surface area contributed by atoms with Gasteiger partial charge in [0.1, 0.15) is 0 Å². The summed E-state index contributed by atoms with van der Waals surface area (Å²) in [6.45, 7) is 10.1. The van der Waals surface area contributed by atoms with E-state index < -0.39 is 0 Å². The van der Waals surface area contributed by atoms with Gasteiger partial charge >= 0.3 is 0 Å². The predicted molar refractivity (Wildman–Crippen MR) is 89.5 cm³/mol. The van der Waals surface area contributed by atoms with Gasteiger partial charge in [-0.25, -0.2) is 0 Å². The van der Waals surface area contributed by atoms with Crippen LogP contribution in [-0.2, 0) is 13.5 Å². The summed E-state index contributed by atoms with van der Waals surface area (Å²) < 4.78 is 2.08. The molecule has 2 atom stereocenters. The quantitative estimate of drug-likeness (QED) is 0.854. The summed E-state index contributed by atoms with van der Waals surface area (Å²) in [6, 6.07) is 2.26. The molecule has 1 aromatic rings. The summed E-state index contributed by atoms with van der Waals surface area (Å²) in [4.78, 5) is 0. The van der Waals surface area contributed by atoms with Crippen LogP contribution < -0.4 is 5.32 Å². The summed E-state index contributed by atoms with van der Waals surface area (Å²) >= 11 is 0. The first-order valence-electron chi connectivity index (χ1n) is 8.60. The lowest BCUT2D eigenvalue weighted by Crippen LogP contribution is -2.41. The Hall–Kier alpha value is -0.830. The van der Waals surface area contributed by atoms with Crippen molar-refractivity contribution in [3.63, 3.8) is 0 Å². The lowest BCUT2D eigenvalue weighted by molar-refractivity contribution is 0.267. The maximum absolute atomic E-state index is 4.51. The van der Waals surface area contributed by atoms with E-state index in [0.29, 0.717) is 0 Å². The molecule has 1 aromatic heterocycles. The molecule has 2 unspecified atom stereocenters. The van der Waals surface area contributed by atoms with Gasteiger partial charge in [0, 0.05) is 18.3 Å². The smallest absolute Gasteiger partial charge is 0.0596 e. The van der Waals surface area contributed by atoms with E-state index in [2.05, 4.69) is 55.9 Å². The second-order valence-corrected chi connectivity index (χ2v) is 7.89. The number of hydrogen-bond donors (Lipinski definition) is 1. The van der Waals surface area contributed by atoms with Crippen LogP contribution in [0.15, 0.2) is 6.07 Å². The minimum atomic E-state index is 0.222. The van der Waals surface area contributed by atoms with Crippen molar-refractivity contribution in [3.05, 3.63) is 17.5 Å². The van der Waals surface area contributed by atoms with E-state index in [0.717, 1.165) is 24.1 Å². The zero-order valence-corrected chi connectivity index (χ0v) is 14.6. The number of rotatable bonds is 4. The number of nitrogens with zero attached hydrogens (tertiary/aromatic N) is 2. The molecule has 1 N–H and O–H groups in total. The van der Waals surface area contributed by atoms with E-state index in [9.17, 15) is 0 Å². The van der Waals surface area contributed by atoms with Crippen LogP contribution in [0.5, 0.6) is 0 Å². The summed E-state index contributed by atoms with van der Waals surface area (Å²) in [5, 5.41) is 8.24. The monoisotopic (exact) mass is 291 g/mol. The molecule has 2 rings (SSSR count). The highest BCUT2D eigenvalue weighted by Gasteiger charge is 2.26. The zero-order chi connectivity index (χ0) is 15.5. The van der Waals surface area contributed by atoms with Crippen LogP contribution in [-0.4, -0.2) is 21.9 Å². The predicted octanol–water partition coefficient (Wildman–Crippen LogP) is 3.86. The van der Waals surface area contributed by atoms with Gasteiger partial charge in [-0.3, -0.25) is 4.68 Å². The normalized spacial score (nSPS) is 24.0. The number of aryl methyl sites for hydroxylation is 2. The van der Waals surface area contributed by atoms with E-state index >= 15 is 0 Å². The third-order valence-electron chi connectivity index (χ3n) is 4.78. The van der Waals surface area contributed by atoms with Gasteiger partial charge in [0.05, 0.1) is 5.69 Å². The topological polar surface area (TPSA) is 29.9 Å². The van der Waals surface area contributed by atoms with Crippen LogP contribution in [0, 0.1) is 18.8 Å². The van der Waals surface area contributed by atoms with Crippen molar-refractivity contribution >= 4 is 0 Å². The van der Waals surface area contributed by atoms with Gasteiger partial charge in [-0.1, -0.05) is 19.3 Å². The third kappa shape index (κ3) is 5.14. The minimum Gasteiger partial charge on any atom is -0.312 e. The van der Waals surface area contributed by atoms with Gasteiger partial charge in [0.15, 0.2) is 0 Å². The first-order chi connectivity index (χ1) is 9.85. The average molecular weight is 291 g/mol. The fraction of sp³-hybridized carbons (Fsp3) is 0.833. The largest absolute Gasteiger partial charge is 0.312 e. The van der Waals surface area contributed by atoms with Crippen molar-refractivity contribution in [3.8, 4) is 0 Å². The van der Waals surface area contributed by atoms with Gasteiger partial charge in [0.2, 0.25) is 0 Å². The van der Waals surface area contributed by atoms with Crippen LogP contribution in [0.3, 0.4) is 0 Å². The first-order valence-corrected chi connectivity index (χ1v) is 8.60. The van der Waals surface area contributed by atoms with Crippen molar-refractivity contribution in [2.24, 2.45) is 18.9 Å². The summed E-state index contributed by atoms with van der Waals surface area (Å²) in [5.41, 5.74) is 2.77. The summed E-state index contributed by atoms with van der Waals surface area (Å²) in [7, 11) is 2.08. The Kier molecular flexibility index (Phi) is 5.48. The Bertz CT molecular complexity index is 442. The molecule has 1 fully saturated rings. The Labute approximate surface area is 130 Å². The van der Waals surface area contributed by atoms with Crippen molar-refractivity contribution in [2.45, 2.75) is 71.8 Å². The highest BCUT2D eigenvalue weighted by molar-refractivity contribution is 5.09. The molecule has 3 heteroatoms. The molecule has 1 aliphatic rings. The Balaban J connectivity index is 2.03. The highest BCUT2D eigenvalue weighted by Crippen LogP contribution is 2.31. The molecule has 3 nitrogen and oxygen atoms in total. The molecule has 0 spiro atoms. The maximum atomic E-state index is 4.51. The van der Waals surface area contributed by atoms with Gasteiger partial charge in [0.25, 0.3) is 0 Å². The van der Waals surface area contributed by atoms with E-state index in [1.807, 2.05) is 0 Å². The van der Waals surface area contributed by atoms with Crippen molar-refractivity contribution in [1.82, 2.24) is 15.1 Å². The first kappa shape index (κ1) is 16.5. The van der Waals surface area contributed by atoms with Gasteiger partial charge in [-0.2, -0.15) is 5.10 Å². The number of aromatic nitrogens is 2. The summed E-state index contributed by atoms with van der Waals surface area (Å²) in [5.74, 6) is 1.61. The number of nitrogens with one attached hydrogen (secondary N) is 1. The lowest BCUT2D eigenvalue weighted by Gasteiger charge is -2.29. The van der Waals surface area contributed by atoms with Crippen LogP contribution >= 0.6 is 0 Å². The second-order valence-electron chi connectivity index (χ2n) is 7.89. The van der Waals surface area contributed by atoms with E-state index in [1.165, 1.54) is 44.2 Å². The van der Waals surface area contributed by atoms with E-state index in [4.69, 9.17) is 0 Å². The molecular weight excluding hydrogens is 258 g/mol. The molecule has 0 radical (unpaired) electrons. The SMILES string of the molecule is Cc1cc(CC2CCCCCC2CNC(C)(C)C)n(C)n1. The molecule has 1 saturated carbocycles. The maximum Gasteiger partial charge on any atom is 0.0596 e. The third-order valence-corrected chi connectivity index (χ3v) is 4.78. The van der Waals surface area contributed by atoms with Crippen LogP contribution in [0.25, 0.3) is 0 Å². The van der Waals surface area contributed by atoms with E-state index in [-0.39, 0.29) is 5.54 Å². The van der Waals surface area contributed by atoms with Crippen LogP contribution in [0.2, 0.25) is 0 Å². The average Bonchev–Trinajstić information content (AvgIpc) is 2.59. The Morgan fingerprint density at radius 2 is 1.86 bits per heavy atom. The highest BCUT2D eigenvalue weighted by atomic mass is 15.3. The molecule has 120 valence electrons. The van der Waals surface area contributed by atoms with Crippen LogP contribution in [0.1, 0.15) is 64.3 Å². The van der Waals surface area contributed by atoms with Crippen LogP contribution in [0.4, 0.5) is 0 Å². The fourth-order valence-electron chi connectivity index (χ4n) is 3.56. The molecule has 1 aliphatic carbocycles. The van der Waals surface area contributed by atoms with Crippen molar-refractivity contribution < 1.29 is 0 Å². The Morgan fingerprint density at radius 3 is 2.43 bits per heavy atom. The lowest BCUT2D eigenvalue weighted by atomic mass is 9.84. The molecular formula is C18H33N3. The van der Waals surface area contributed by atoms with Gasteiger partial charge < -0.3 is 5.32 Å². The number of hydrogen-bond acceptors (Lipinski definition) is 2. The van der Waals surface area contributed by atoms with Crippen molar-refractivity contribution in [2.75, 3.05) is 6.54 Å². The van der Waals surface area contributed by atoms with E-state index in [1.54, 1.807) is 0 Å². The standard InChI is InChI=1S/C18H33N3/c1-14-11-17(21(5)20-14)12-15-9-7-6-8-10-16(15)13-19-18(2,3)4/h11,15-16,19H,6-10,12-13H2,1-5H3. The van der Waals surface area contributed by atoms with Gasteiger partial charge in [-0.05, 0) is 71.4 Å². The molecule has 0 amide bonds. The summed E-state index contributed by atoms with van der Waals surface area (Å²) in [6.07, 6.45) is 8.15. The fourth-order valence-corrected chi connectivity index (χ4v) is 3.56. The second kappa shape index (κ2) is 6.95. The molecule has 1 heterocycles. The molecule has 0 saturated heterocycles. The zero-order valence-electron chi connectivity index (χ0n) is 14.6. The molecule has 0 aromatic carbocycles. The molecule has 0 bridgehead atoms. The molecule has 21 heavy (non-hydrogen) atoms.